The van der Waals surface area contributed by atoms with E-state index >= 15 is 0 Å². The van der Waals surface area contributed by atoms with Crippen LogP contribution in [0.3, 0.4) is 0 Å². The number of hydrogen-bond acceptors (Lipinski definition) is 4. The minimum Gasteiger partial charge on any atom is -0.339 e. The third-order valence-corrected chi connectivity index (χ3v) is 5.05. The summed E-state index contributed by atoms with van der Waals surface area (Å²) in [6.45, 7) is 6.59. The second-order valence-electron chi connectivity index (χ2n) is 6.68. The Balaban J connectivity index is 1.63. The summed E-state index contributed by atoms with van der Waals surface area (Å²) in [7, 11) is 0. The van der Waals surface area contributed by atoms with Crippen LogP contribution in [-0.2, 0) is 0 Å². The van der Waals surface area contributed by atoms with Crippen LogP contribution in [0.25, 0.3) is 5.65 Å². The van der Waals surface area contributed by atoms with Gasteiger partial charge in [0.25, 0.3) is 0 Å². The molecular formula is C16H23N5. The Morgan fingerprint density at radius 3 is 3.00 bits per heavy atom. The Hall–Kier alpha value is -1.62. The quantitative estimate of drug-likeness (QED) is 0.870. The van der Waals surface area contributed by atoms with Gasteiger partial charge in [0.2, 0.25) is 5.95 Å². The second-order valence-corrected chi connectivity index (χ2v) is 6.68. The van der Waals surface area contributed by atoms with Crippen molar-refractivity contribution in [3.05, 3.63) is 23.9 Å². The van der Waals surface area contributed by atoms with Gasteiger partial charge in [0.05, 0.1) is 0 Å². The molecule has 0 aliphatic carbocycles. The highest BCUT2D eigenvalue weighted by Crippen LogP contribution is 2.36. The average molecular weight is 285 g/mol. The number of pyridine rings is 1. The van der Waals surface area contributed by atoms with Crippen molar-refractivity contribution in [3.8, 4) is 0 Å². The van der Waals surface area contributed by atoms with Gasteiger partial charge in [-0.2, -0.15) is 4.98 Å². The first-order chi connectivity index (χ1) is 10.3. The monoisotopic (exact) mass is 285 g/mol. The first kappa shape index (κ1) is 13.1. The molecule has 0 radical (unpaired) electrons. The number of hydrogen-bond donors (Lipinski definition) is 1. The van der Waals surface area contributed by atoms with Gasteiger partial charge in [-0.3, -0.25) is 0 Å². The van der Waals surface area contributed by atoms with Crippen LogP contribution in [0, 0.1) is 12.3 Å². The fourth-order valence-electron chi connectivity index (χ4n) is 3.92. The summed E-state index contributed by atoms with van der Waals surface area (Å²) in [6, 6.07) is 4.13. The van der Waals surface area contributed by atoms with Gasteiger partial charge in [-0.25, -0.2) is 4.52 Å². The van der Waals surface area contributed by atoms with Crippen molar-refractivity contribution in [1.29, 1.82) is 0 Å². The lowest BCUT2D eigenvalue weighted by Gasteiger charge is -2.45. The van der Waals surface area contributed by atoms with Crippen LogP contribution in [0.4, 0.5) is 5.95 Å². The van der Waals surface area contributed by atoms with Crippen molar-refractivity contribution in [2.75, 3.05) is 31.1 Å². The Labute approximate surface area is 125 Å². The molecule has 1 unspecified atom stereocenters. The van der Waals surface area contributed by atoms with Gasteiger partial charge in [0.15, 0.2) is 5.65 Å². The predicted octanol–water partition coefficient (Wildman–Crippen LogP) is 2.01. The molecule has 0 saturated carbocycles. The fourth-order valence-corrected chi connectivity index (χ4v) is 3.92. The molecule has 2 aromatic heterocycles. The Morgan fingerprint density at radius 2 is 2.19 bits per heavy atom. The maximum absolute atomic E-state index is 4.77. The molecule has 5 nitrogen and oxygen atoms in total. The summed E-state index contributed by atoms with van der Waals surface area (Å²) >= 11 is 0. The van der Waals surface area contributed by atoms with E-state index in [0.29, 0.717) is 5.41 Å². The SMILES string of the molecule is Cc1cccn2nc(N3CCCC4(CCCNC4)C3)nc12. The topological polar surface area (TPSA) is 45.5 Å². The van der Waals surface area contributed by atoms with Crippen molar-refractivity contribution < 1.29 is 0 Å². The molecule has 112 valence electrons. The molecule has 2 aliphatic heterocycles. The molecule has 0 aromatic carbocycles. The normalized spacial score (nSPS) is 26.6. The van der Waals surface area contributed by atoms with Crippen LogP contribution in [0.5, 0.6) is 0 Å². The number of aryl methyl sites for hydroxylation is 1. The third kappa shape index (κ3) is 2.29. The van der Waals surface area contributed by atoms with Crippen molar-refractivity contribution in [3.63, 3.8) is 0 Å². The Bertz CT molecular complexity index is 636. The number of fused-ring (bicyclic) bond motifs is 1. The van der Waals surface area contributed by atoms with Crippen molar-refractivity contribution in [2.24, 2.45) is 5.41 Å². The Morgan fingerprint density at radius 1 is 1.29 bits per heavy atom. The lowest BCUT2D eigenvalue weighted by molar-refractivity contribution is 0.172. The van der Waals surface area contributed by atoms with Gasteiger partial charge < -0.3 is 10.2 Å². The van der Waals surface area contributed by atoms with E-state index in [4.69, 9.17) is 4.98 Å². The summed E-state index contributed by atoms with van der Waals surface area (Å²) in [4.78, 5) is 7.16. The van der Waals surface area contributed by atoms with Gasteiger partial charge in [-0.15, -0.1) is 5.10 Å². The highest BCUT2D eigenvalue weighted by atomic mass is 15.4. The maximum atomic E-state index is 4.77. The maximum Gasteiger partial charge on any atom is 0.245 e. The number of nitrogens with zero attached hydrogens (tertiary/aromatic N) is 4. The van der Waals surface area contributed by atoms with Gasteiger partial charge in [-0.1, -0.05) is 6.07 Å². The van der Waals surface area contributed by atoms with E-state index in [-0.39, 0.29) is 0 Å². The number of piperidine rings is 2. The zero-order chi connectivity index (χ0) is 14.3. The van der Waals surface area contributed by atoms with Crippen LogP contribution in [0.2, 0.25) is 0 Å². The van der Waals surface area contributed by atoms with Gasteiger partial charge in [-0.05, 0) is 50.8 Å². The summed E-state index contributed by atoms with van der Waals surface area (Å²) in [5.41, 5.74) is 2.60. The lowest BCUT2D eigenvalue weighted by Crippen LogP contribution is -2.51. The van der Waals surface area contributed by atoms with Gasteiger partial charge in [0.1, 0.15) is 0 Å². The number of nitrogens with one attached hydrogen (secondary N) is 1. The van der Waals surface area contributed by atoms with Crippen LogP contribution in [0.1, 0.15) is 31.2 Å². The van der Waals surface area contributed by atoms with E-state index in [0.717, 1.165) is 31.2 Å². The van der Waals surface area contributed by atoms with Crippen LogP contribution in [-0.4, -0.2) is 40.8 Å². The van der Waals surface area contributed by atoms with E-state index < -0.39 is 0 Å². The van der Waals surface area contributed by atoms with Crippen LogP contribution < -0.4 is 10.2 Å². The van der Waals surface area contributed by atoms with Crippen molar-refractivity contribution in [2.45, 2.75) is 32.6 Å². The summed E-state index contributed by atoms with van der Waals surface area (Å²) in [6.07, 6.45) is 7.20. The zero-order valence-electron chi connectivity index (χ0n) is 12.7. The molecule has 1 N–H and O–H groups in total. The minimum absolute atomic E-state index is 0.434. The van der Waals surface area contributed by atoms with Crippen molar-refractivity contribution >= 4 is 11.6 Å². The molecule has 4 rings (SSSR count). The zero-order valence-corrected chi connectivity index (χ0v) is 12.7. The molecule has 2 aliphatic rings. The standard InChI is InChI=1S/C16H23N5/c1-13-5-2-10-21-14(13)18-15(19-21)20-9-4-7-16(12-20)6-3-8-17-11-16/h2,5,10,17H,3-4,6-9,11-12H2,1H3. The molecule has 2 saturated heterocycles. The molecule has 21 heavy (non-hydrogen) atoms. The van der Waals surface area contributed by atoms with E-state index in [2.05, 4.69) is 28.3 Å². The average Bonchev–Trinajstić information content (AvgIpc) is 2.94. The molecule has 1 atom stereocenters. The highest BCUT2D eigenvalue weighted by molar-refractivity contribution is 5.50. The molecule has 0 bridgehead atoms. The Kier molecular flexibility index (Phi) is 3.10. The number of rotatable bonds is 1. The predicted molar refractivity (Wildman–Crippen MR) is 83.7 cm³/mol. The molecule has 0 amide bonds. The molecule has 1 spiro atoms. The first-order valence-electron chi connectivity index (χ1n) is 8.04. The third-order valence-electron chi connectivity index (χ3n) is 5.05. The largest absolute Gasteiger partial charge is 0.339 e. The smallest absolute Gasteiger partial charge is 0.245 e. The summed E-state index contributed by atoms with van der Waals surface area (Å²) in [5.74, 6) is 0.897. The summed E-state index contributed by atoms with van der Waals surface area (Å²) in [5, 5.41) is 8.27. The minimum atomic E-state index is 0.434. The van der Waals surface area contributed by atoms with E-state index in [1.54, 1.807) is 0 Å². The molecular weight excluding hydrogens is 262 g/mol. The van der Waals surface area contributed by atoms with Gasteiger partial charge in [0, 0.05) is 31.2 Å². The number of aromatic nitrogens is 3. The number of anilines is 1. The van der Waals surface area contributed by atoms with E-state index in [1.807, 2.05) is 16.8 Å². The second kappa shape index (κ2) is 4.98. The van der Waals surface area contributed by atoms with E-state index in [9.17, 15) is 0 Å². The van der Waals surface area contributed by atoms with Gasteiger partial charge >= 0.3 is 0 Å². The molecule has 2 aromatic rings. The van der Waals surface area contributed by atoms with E-state index in [1.165, 1.54) is 37.8 Å². The van der Waals surface area contributed by atoms with Crippen LogP contribution in [0.15, 0.2) is 18.3 Å². The van der Waals surface area contributed by atoms with Crippen LogP contribution >= 0.6 is 0 Å². The van der Waals surface area contributed by atoms with Crippen molar-refractivity contribution in [1.82, 2.24) is 19.9 Å². The highest BCUT2D eigenvalue weighted by Gasteiger charge is 2.37. The molecule has 2 fully saturated rings. The first-order valence-corrected chi connectivity index (χ1v) is 8.04. The molecule has 5 heteroatoms. The fraction of sp³-hybridized carbons (Fsp3) is 0.625. The summed E-state index contributed by atoms with van der Waals surface area (Å²) < 4.78 is 1.91. The lowest BCUT2D eigenvalue weighted by atomic mass is 9.74. The molecule has 4 heterocycles.